The number of hydrogen-bond acceptors (Lipinski definition) is 1. The molecule has 0 amide bonds. The van der Waals surface area contributed by atoms with Gasteiger partial charge in [-0.3, -0.25) is 4.68 Å². The van der Waals surface area contributed by atoms with Gasteiger partial charge in [-0.25, -0.2) is 0 Å². The van der Waals surface area contributed by atoms with Crippen molar-refractivity contribution in [1.82, 2.24) is 9.78 Å². The molecule has 0 aliphatic heterocycles. The summed E-state index contributed by atoms with van der Waals surface area (Å²) >= 11 is 0. The van der Waals surface area contributed by atoms with Gasteiger partial charge in [-0.1, -0.05) is 0 Å². The zero-order valence-corrected chi connectivity index (χ0v) is 5.76. The van der Waals surface area contributed by atoms with Gasteiger partial charge in [0, 0.05) is 17.8 Å². The number of aryl methyl sites for hydroxylation is 2. The highest BCUT2D eigenvalue weighted by atomic mass is 15.3. The number of nitrogens with zero attached hydrogens (tertiary/aromatic N) is 2. The fourth-order valence-electron chi connectivity index (χ4n) is 0.856. The van der Waals surface area contributed by atoms with Crippen LogP contribution in [0.2, 0.25) is 0 Å². The van der Waals surface area contributed by atoms with Crippen molar-refractivity contribution in [1.29, 1.82) is 0 Å². The summed E-state index contributed by atoms with van der Waals surface area (Å²) < 4.78 is 1.87. The van der Waals surface area contributed by atoms with Crippen molar-refractivity contribution in [2.45, 2.75) is 20.4 Å². The SMILES string of the molecule is [B]c1cc(C)n(CC)n1. The number of rotatable bonds is 1. The van der Waals surface area contributed by atoms with Gasteiger partial charge in [-0.2, -0.15) is 5.10 Å². The summed E-state index contributed by atoms with van der Waals surface area (Å²) in [5.41, 5.74) is 1.73. The molecule has 0 unspecified atom stereocenters. The van der Waals surface area contributed by atoms with E-state index < -0.39 is 0 Å². The van der Waals surface area contributed by atoms with Crippen LogP contribution in [0.1, 0.15) is 12.6 Å². The highest BCUT2D eigenvalue weighted by Gasteiger charge is 1.94. The first-order valence-corrected chi connectivity index (χ1v) is 3.04. The van der Waals surface area contributed by atoms with Gasteiger partial charge < -0.3 is 0 Å². The molecule has 3 heteroatoms. The van der Waals surface area contributed by atoms with Crippen molar-refractivity contribution in [3.63, 3.8) is 0 Å². The first-order chi connectivity index (χ1) is 4.24. The van der Waals surface area contributed by atoms with Gasteiger partial charge in [0.1, 0.15) is 7.85 Å². The van der Waals surface area contributed by atoms with Crippen molar-refractivity contribution in [2.75, 3.05) is 0 Å². The first kappa shape index (κ1) is 6.40. The normalized spacial score (nSPS) is 10.0. The van der Waals surface area contributed by atoms with Crippen LogP contribution in [0.5, 0.6) is 0 Å². The molecule has 0 saturated heterocycles. The monoisotopic (exact) mass is 120 g/mol. The molecule has 0 aliphatic rings. The van der Waals surface area contributed by atoms with Gasteiger partial charge in [0.25, 0.3) is 0 Å². The van der Waals surface area contributed by atoms with Crippen molar-refractivity contribution in [3.8, 4) is 0 Å². The third kappa shape index (κ3) is 1.15. The lowest BCUT2D eigenvalue weighted by atomic mass is 10.1. The second-order valence-electron chi connectivity index (χ2n) is 2.03. The van der Waals surface area contributed by atoms with E-state index in [9.17, 15) is 0 Å². The first-order valence-electron chi connectivity index (χ1n) is 3.04. The molecule has 0 fully saturated rings. The molecule has 2 nitrogen and oxygen atoms in total. The van der Waals surface area contributed by atoms with Gasteiger partial charge >= 0.3 is 0 Å². The van der Waals surface area contributed by atoms with Crippen LogP contribution in [0.4, 0.5) is 0 Å². The fraction of sp³-hybridized carbons (Fsp3) is 0.500. The van der Waals surface area contributed by atoms with Gasteiger partial charge in [-0.15, -0.1) is 0 Å². The molecule has 0 bridgehead atoms. The Bertz CT molecular complexity index is 205. The minimum absolute atomic E-state index is 0.606. The summed E-state index contributed by atoms with van der Waals surface area (Å²) in [6.07, 6.45) is 0. The van der Waals surface area contributed by atoms with Gasteiger partial charge in [0.2, 0.25) is 0 Å². The van der Waals surface area contributed by atoms with E-state index in [2.05, 4.69) is 5.10 Å². The molecule has 0 N–H and O–H groups in total. The third-order valence-electron chi connectivity index (χ3n) is 1.30. The molecule has 0 aromatic carbocycles. The van der Waals surface area contributed by atoms with Crippen LogP contribution < -0.4 is 5.59 Å². The van der Waals surface area contributed by atoms with Gasteiger partial charge in [0.05, 0.1) is 0 Å². The van der Waals surface area contributed by atoms with E-state index in [0.717, 1.165) is 12.2 Å². The van der Waals surface area contributed by atoms with Crippen molar-refractivity contribution in [3.05, 3.63) is 11.8 Å². The van der Waals surface area contributed by atoms with E-state index in [0.29, 0.717) is 5.59 Å². The second-order valence-corrected chi connectivity index (χ2v) is 2.03. The molecular formula is C6H9BN2. The fourth-order valence-corrected chi connectivity index (χ4v) is 0.856. The van der Waals surface area contributed by atoms with Crippen molar-refractivity contribution in [2.24, 2.45) is 0 Å². The molecule has 1 aromatic heterocycles. The highest BCUT2D eigenvalue weighted by Crippen LogP contribution is 1.90. The molecule has 0 atom stereocenters. The average molecular weight is 120 g/mol. The number of aromatic nitrogens is 2. The van der Waals surface area contributed by atoms with E-state index in [1.54, 1.807) is 0 Å². The smallest absolute Gasteiger partial charge is 0.144 e. The van der Waals surface area contributed by atoms with Crippen molar-refractivity contribution >= 4 is 13.4 Å². The molecule has 1 rings (SSSR count). The molecule has 2 radical (unpaired) electrons. The lowest BCUT2D eigenvalue weighted by molar-refractivity contribution is 0.644. The summed E-state index contributed by atoms with van der Waals surface area (Å²) in [6.45, 7) is 4.93. The Balaban J connectivity index is 3.01. The minimum atomic E-state index is 0.606. The predicted octanol–water partition coefficient (Wildman–Crippen LogP) is 0.00522. The lowest BCUT2D eigenvalue weighted by Gasteiger charge is -1.95. The second kappa shape index (κ2) is 2.25. The van der Waals surface area contributed by atoms with E-state index in [4.69, 9.17) is 7.85 Å². The minimum Gasteiger partial charge on any atom is -0.271 e. The zero-order valence-electron chi connectivity index (χ0n) is 5.76. The molecule has 46 valence electrons. The largest absolute Gasteiger partial charge is 0.271 e. The van der Waals surface area contributed by atoms with Crippen LogP contribution >= 0.6 is 0 Å². The molecule has 0 spiro atoms. The van der Waals surface area contributed by atoms with Crippen LogP contribution in [-0.4, -0.2) is 17.6 Å². The standard InChI is InChI=1S/C6H9BN2/c1-3-9-5(2)4-6(7)8-9/h4H,3H2,1-2H3. The van der Waals surface area contributed by atoms with E-state index >= 15 is 0 Å². The number of hydrogen-bond donors (Lipinski definition) is 0. The van der Waals surface area contributed by atoms with Crippen LogP contribution in [0, 0.1) is 6.92 Å². The summed E-state index contributed by atoms with van der Waals surface area (Å²) in [4.78, 5) is 0. The maximum absolute atomic E-state index is 5.42. The zero-order chi connectivity index (χ0) is 6.85. The van der Waals surface area contributed by atoms with Crippen LogP contribution in [-0.2, 0) is 6.54 Å². The Hall–Kier alpha value is -0.725. The lowest BCUT2D eigenvalue weighted by Crippen LogP contribution is -2.06. The molecule has 0 saturated carbocycles. The Morgan fingerprint density at radius 1 is 1.78 bits per heavy atom. The van der Waals surface area contributed by atoms with Crippen LogP contribution in [0.15, 0.2) is 6.07 Å². The van der Waals surface area contributed by atoms with Crippen LogP contribution in [0.3, 0.4) is 0 Å². The molecular weight excluding hydrogens is 111 g/mol. The van der Waals surface area contributed by atoms with Crippen molar-refractivity contribution < 1.29 is 0 Å². The summed E-state index contributed by atoms with van der Waals surface area (Å²) in [7, 11) is 5.42. The topological polar surface area (TPSA) is 17.8 Å². The Kier molecular flexibility index (Phi) is 1.60. The maximum atomic E-state index is 5.42. The maximum Gasteiger partial charge on any atom is 0.144 e. The molecule has 0 aliphatic carbocycles. The Labute approximate surface area is 56.3 Å². The quantitative estimate of drug-likeness (QED) is 0.477. The Morgan fingerprint density at radius 3 is 2.67 bits per heavy atom. The van der Waals surface area contributed by atoms with E-state index in [1.165, 1.54) is 0 Å². The summed E-state index contributed by atoms with van der Waals surface area (Å²) in [6, 6.07) is 1.86. The third-order valence-corrected chi connectivity index (χ3v) is 1.30. The molecule has 9 heavy (non-hydrogen) atoms. The average Bonchev–Trinajstić information content (AvgIpc) is 2.10. The predicted molar refractivity (Wildman–Crippen MR) is 38.0 cm³/mol. The Morgan fingerprint density at radius 2 is 2.44 bits per heavy atom. The summed E-state index contributed by atoms with van der Waals surface area (Å²) in [5, 5.41) is 4.02. The van der Waals surface area contributed by atoms with E-state index in [-0.39, 0.29) is 0 Å². The van der Waals surface area contributed by atoms with E-state index in [1.807, 2.05) is 24.6 Å². The molecule has 1 heterocycles. The van der Waals surface area contributed by atoms with Crippen LogP contribution in [0.25, 0.3) is 0 Å². The highest BCUT2D eigenvalue weighted by molar-refractivity contribution is 6.30. The summed E-state index contributed by atoms with van der Waals surface area (Å²) in [5.74, 6) is 0. The van der Waals surface area contributed by atoms with Gasteiger partial charge in [-0.05, 0) is 19.9 Å². The van der Waals surface area contributed by atoms with Gasteiger partial charge in [0.15, 0.2) is 0 Å². The molecule has 1 aromatic rings.